The van der Waals surface area contributed by atoms with Gasteiger partial charge in [0.2, 0.25) is 10.0 Å². The molecule has 0 aliphatic carbocycles. The summed E-state index contributed by atoms with van der Waals surface area (Å²) in [6.07, 6.45) is 1.62. The van der Waals surface area contributed by atoms with Gasteiger partial charge in [0.05, 0.1) is 5.75 Å². The molecule has 2 atom stereocenters. The molecule has 4 nitrogen and oxygen atoms in total. The largest absolute Gasteiger partial charge is 0.316 e. The molecule has 0 aromatic carbocycles. The zero-order valence-corrected chi connectivity index (χ0v) is 11.3. The lowest BCUT2D eigenvalue weighted by atomic mass is 9.97. The first kappa shape index (κ1) is 13.9. The van der Waals surface area contributed by atoms with E-state index in [1.807, 2.05) is 13.8 Å². The lowest BCUT2D eigenvalue weighted by Crippen LogP contribution is -2.48. The second kappa shape index (κ2) is 5.98. The lowest BCUT2D eigenvalue weighted by molar-refractivity contribution is 0.327. The van der Waals surface area contributed by atoms with Crippen LogP contribution in [0.25, 0.3) is 0 Å². The molecular weight excluding hydrogens is 224 g/mol. The van der Waals surface area contributed by atoms with Crippen LogP contribution in [0.3, 0.4) is 0 Å². The van der Waals surface area contributed by atoms with Gasteiger partial charge in [0, 0.05) is 6.04 Å². The maximum Gasteiger partial charge on any atom is 0.211 e. The van der Waals surface area contributed by atoms with E-state index >= 15 is 0 Å². The van der Waals surface area contributed by atoms with Gasteiger partial charge >= 0.3 is 0 Å². The molecule has 0 spiro atoms. The van der Waals surface area contributed by atoms with E-state index in [9.17, 15) is 8.42 Å². The van der Waals surface area contributed by atoms with E-state index in [1.54, 1.807) is 0 Å². The molecular formula is C11H24N2O2S. The molecule has 1 rings (SSSR count). The summed E-state index contributed by atoms with van der Waals surface area (Å²) in [6, 6.07) is 0.110. The van der Waals surface area contributed by atoms with Gasteiger partial charge in [-0.15, -0.1) is 0 Å². The summed E-state index contributed by atoms with van der Waals surface area (Å²) >= 11 is 0. The van der Waals surface area contributed by atoms with E-state index in [4.69, 9.17) is 0 Å². The van der Waals surface area contributed by atoms with Crippen molar-refractivity contribution in [3.05, 3.63) is 0 Å². The van der Waals surface area contributed by atoms with Crippen LogP contribution in [0.5, 0.6) is 0 Å². The Bertz CT molecular complexity index is 301. The van der Waals surface area contributed by atoms with Crippen molar-refractivity contribution in [2.45, 2.75) is 39.7 Å². The lowest BCUT2D eigenvalue weighted by Gasteiger charge is -2.30. The zero-order valence-electron chi connectivity index (χ0n) is 10.5. The third-order valence-electron chi connectivity index (χ3n) is 3.08. The van der Waals surface area contributed by atoms with Crippen molar-refractivity contribution in [2.24, 2.45) is 11.8 Å². The van der Waals surface area contributed by atoms with E-state index in [0.717, 1.165) is 25.9 Å². The van der Waals surface area contributed by atoms with Crippen LogP contribution in [0.15, 0.2) is 0 Å². The number of nitrogens with one attached hydrogen (secondary N) is 2. The van der Waals surface area contributed by atoms with E-state index in [2.05, 4.69) is 17.0 Å². The minimum atomic E-state index is -3.09. The van der Waals surface area contributed by atoms with Crippen LogP contribution >= 0.6 is 0 Å². The van der Waals surface area contributed by atoms with Crippen LogP contribution in [0, 0.1) is 11.8 Å². The Morgan fingerprint density at radius 1 is 1.44 bits per heavy atom. The molecule has 16 heavy (non-hydrogen) atoms. The standard InChI is InChI=1S/C11H24N2O2S/c1-9(2)5-7-16(14,15)13-11-4-6-12-8-10(11)3/h9-13H,4-8H2,1-3H3. The summed E-state index contributed by atoms with van der Waals surface area (Å²) in [7, 11) is -3.09. The molecule has 1 aliphatic rings. The molecule has 0 saturated carbocycles. The van der Waals surface area contributed by atoms with Crippen molar-refractivity contribution in [3.8, 4) is 0 Å². The number of hydrogen-bond donors (Lipinski definition) is 2. The molecule has 2 N–H and O–H groups in total. The SMILES string of the molecule is CC(C)CCS(=O)(=O)NC1CCNCC1C. The molecule has 0 aromatic heterocycles. The molecule has 1 saturated heterocycles. The van der Waals surface area contributed by atoms with Crippen LogP contribution in [-0.2, 0) is 10.0 Å². The molecule has 0 amide bonds. The molecule has 1 fully saturated rings. The summed E-state index contributed by atoms with van der Waals surface area (Å²) in [5.74, 6) is 1.06. The summed E-state index contributed by atoms with van der Waals surface area (Å²) < 4.78 is 26.5. The Morgan fingerprint density at radius 2 is 2.12 bits per heavy atom. The molecule has 0 bridgehead atoms. The topological polar surface area (TPSA) is 58.2 Å². The fraction of sp³-hybridized carbons (Fsp3) is 1.00. The van der Waals surface area contributed by atoms with Gasteiger partial charge in [0.25, 0.3) is 0 Å². The number of piperidine rings is 1. The fourth-order valence-electron chi connectivity index (χ4n) is 1.87. The van der Waals surface area contributed by atoms with Crippen LogP contribution < -0.4 is 10.0 Å². The highest BCUT2D eigenvalue weighted by Gasteiger charge is 2.25. The molecule has 1 aliphatic heterocycles. The van der Waals surface area contributed by atoms with Crippen molar-refractivity contribution in [1.29, 1.82) is 0 Å². The molecule has 2 unspecified atom stereocenters. The normalized spacial score (nSPS) is 27.2. The summed E-state index contributed by atoms with van der Waals surface area (Å²) in [5, 5.41) is 3.27. The first-order valence-corrected chi connectivity index (χ1v) is 7.76. The molecule has 0 aromatic rings. The van der Waals surface area contributed by atoms with Gasteiger partial charge in [0.15, 0.2) is 0 Å². The van der Waals surface area contributed by atoms with Crippen LogP contribution in [0.4, 0.5) is 0 Å². The average Bonchev–Trinajstić information content (AvgIpc) is 2.19. The second-order valence-electron chi connectivity index (χ2n) is 5.20. The maximum absolute atomic E-state index is 11.8. The molecule has 1 heterocycles. The van der Waals surface area contributed by atoms with Crippen LogP contribution in [-0.4, -0.2) is 33.3 Å². The molecule has 0 radical (unpaired) electrons. The summed E-state index contributed by atoms with van der Waals surface area (Å²) in [5.41, 5.74) is 0. The Labute approximate surface area is 99.2 Å². The minimum absolute atomic E-state index is 0.110. The number of hydrogen-bond acceptors (Lipinski definition) is 3. The Kier molecular flexibility index (Phi) is 5.21. The van der Waals surface area contributed by atoms with Gasteiger partial charge in [-0.1, -0.05) is 20.8 Å². The fourth-order valence-corrected chi connectivity index (χ4v) is 3.58. The first-order valence-electron chi connectivity index (χ1n) is 6.11. The van der Waals surface area contributed by atoms with E-state index < -0.39 is 10.0 Å². The second-order valence-corrected chi connectivity index (χ2v) is 7.07. The number of rotatable bonds is 5. The van der Waals surface area contributed by atoms with Crippen molar-refractivity contribution in [1.82, 2.24) is 10.0 Å². The molecule has 5 heteroatoms. The first-order chi connectivity index (χ1) is 7.41. The maximum atomic E-state index is 11.8. The predicted octanol–water partition coefficient (Wildman–Crippen LogP) is 0.950. The van der Waals surface area contributed by atoms with E-state index in [-0.39, 0.29) is 11.8 Å². The zero-order chi connectivity index (χ0) is 12.2. The minimum Gasteiger partial charge on any atom is -0.316 e. The number of sulfonamides is 1. The average molecular weight is 248 g/mol. The van der Waals surface area contributed by atoms with Gasteiger partial charge < -0.3 is 5.32 Å². The van der Waals surface area contributed by atoms with Gasteiger partial charge in [-0.2, -0.15) is 0 Å². The van der Waals surface area contributed by atoms with Gasteiger partial charge in [-0.05, 0) is 37.8 Å². The van der Waals surface area contributed by atoms with E-state index in [0.29, 0.717) is 11.8 Å². The Balaban J connectivity index is 2.44. The van der Waals surface area contributed by atoms with Crippen molar-refractivity contribution in [3.63, 3.8) is 0 Å². The summed E-state index contributed by atoms with van der Waals surface area (Å²) in [4.78, 5) is 0. The predicted molar refractivity (Wildman–Crippen MR) is 66.8 cm³/mol. The monoisotopic (exact) mass is 248 g/mol. The van der Waals surface area contributed by atoms with Gasteiger partial charge in [-0.3, -0.25) is 0 Å². The Hall–Kier alpha value is -0.130. The molecule has 96 valence electrons. The third-order valence-corrected chi connectivity index (χ3v) is 4.52. The van der Waals surface area contributed by atoms with E-state index in [1.165, 1.54) is 0 Å². The highest BCUT2D eigenvalue weighted by molar-refractivity contribution is 7.89. The van der Waals surface area contributed by atoms with Crippen LogP contribution in [0.1, 0.15) is 33.6 Å². The smallest absolute Gasteiger partial charge is 0.211 e. The van der Waals surface area contributed by atoms with Crippen molar-refractivity contribution >= 4 is 10.0 Å². The van der Waals surface area contributed by atoms with Gasteiger partial charge in [0.1, 0.15) is 0 Å². The van der Waals surface area contributed by atoms with Crippen molar-refractivity contribution in [2.75, 3.05) is 18.8 Å². The van der Waals surface area contributed by atoms with Crippen molar-refractivity contribution < 1.29 is 8.42 Å². The summed E-state index contributed by atoms with van der Waals surface area (Å²) in [6.45, 7) is 7.98. The third kappa shape index (κ3) is 4.80. The Morgan fingerprint density at radius 3 is 2.69 bits per heavy atom. The quantitative estimate of drug-likeness (QED) is 0.761. The highest BCUT2D eigenvalue weighted by Crippen LogP contribution is 2.12. The van der Waals surface area contributed by atoms with Gasteiger partial charge in [-0.25, -0.2) is 13.1 Å². The van der Waals surface area contributed by atoms with Crippen LogP contribution in [0.2, 0.25) is 0 Å². The highest BCUT2D eigenvalue weighted by atomic mass is 32.2.